The Bertz CT molecular complexity index is 1670. The Labute approximate surface area is 235 Å². The Morgan fingerprint density at radius 3 is 2.28 bits per heavy atom. The summed E-state index contributed by atoms with van der Waals surface area (Å²) < 4.78 is 36.1. The maximum absolute atomic E-state index is 13.5. The van der Waals surface area contributed by atoms with E-state index in [-0.39, 0.29) is 29.4 Å². The molecule has 0 radical (unpaired) electrons. The van der Waals surface area contributed by atoms with E-state index in [4.69, 9.17) is 34.7 Å². The molecule has 0 aliphatic carbocycles. The molecule has 0 aliphatic heterocycles. The van der Waals surface area contributed by atoms with Crippen molar-refractivity contribution in [3.05, 3.63) is 98.7 Å². The topological polar surface area (TPSA) is 141 Å². The molecule has 5 N–H and O–H groups in total. The van der Waals surface area contributed by atoms with Crippen molar-refractivity contribution in [3.63, 3.8) is 0 Å². The smallest absolute Gasteiger partial charge is 0.332 e. The fraction of sp³-hybridized carbons (Fsp3) is 0.148. The molecule has 39 heavy (non-hydrogen) atoms. The van der Waals surface area contributed by atoms with Crippen LogP contribution in [0.2, 0.25) is 10.0 Å². The molecule has 0 bridgehead atoms. The first-order chi connectivity index (χ1) is 18.4. The standard InChI is InChI=1S/C27H24Cl2FN5O3S/c1-15-2-8-19(13-23(15)39(30,37)38)26(36)33-14-17-5-3-16(4-6-17)7-11-22-24(25(31)35-27(32)34-22)18-9-10-20(28)21(29)12-18/h2-6,8-10,12-13H,7,11,14H2,1H3,(H,33,36)(H4,31,32,34,35). The third kappa shape index (κ3) is 6.83. The zero-order chi connectivity index (χ0) is 28.3. The Kier molecular flexibility index (Phi) is 8.39. The average molecular weight is 588 g/mol. The molecule has 8 nitrogen and oxygen atoms in total. The summed E-state index contributed by atoms with van der Waals surface area (Å²) in [5.41, 5.74) is 16.2. The molecule has 1 heterocycles. The highest BCUT2D eigenvalue weighted by molar-refractivity contribution is 7.86. The number of benzene rings is 3. The van der Waals surface area contributed by atoms with E-state index >= 15 is 0 Å². The monoisotopic (exact) mass is 587 g/mol. The quantitative estimate of drug-likeness (QED) is 0.237. The number of hydrogen-bond acceptors (Lipinski definition) is 7. The van der Waals surface area contributed by atoms with Gasteiger partial charge in [-0.05, 0) is 66.3 Å². The third-order valence-corrected chi connectivity index (χ3v) is 7.78. The van der Waals surface area contributed by atoms with Crippen LogP contribution in [-0.4, -0.2) is 24.3 Å². The van der Waals surface area contributed by atoms with Crippen molar-refractivity contribution in [2.24, 2.45) is 0 Å². The van der Waals surface area contributed by atoms with Gasteiger partial charge in [0.2, 0.25) is 5.95 Å². The highest BCUT2D eigenvalue weighted by Crippen LogP contribution is 2.33. The molecule has 202 valence electrons. The van der Waals surface area contributed by atoms with Gasteiger partial charge in [0.15, 0.2) is 0 Å². The molecule has 0 atom stereocenters. The Balaban J connectivity index is 1.43. The number of nitrogens with zero attached hydrogens (tertiary/aromatic N) is 2. The Morgan fingerprint density at radius 2 is 1.62 bits per heavy atom. The van der Waals surface area contributed by atoms with E-state index in [1.54, 1.807) is 18.2 Å². The largest absolute Gasteiger partial charge is 0.383 e. The van der Waals surface area contributed by atoms with Gasteiger partial charge in [-0.3, -0.25) is 4.79 Å². The van der Waals surface area contributed by atoms with E-state index in [1.165, 1.54) is 19.1 Å². The minimum absolute atomic E-state index is 0.0506. The second-order valence-electron chi connectivity index (χ2n) is 8.83. The number of amides is 1. The van der Waals surface area contributed by atoms with Gasteiger partial charge >= 0.3 is 10.2 Å². The van der Waals surface area contributed by atoms with Gasteiger partial charge in [0.05, 0.1) is 15.7 Å². The van der Waals surface area contributed by atoms with Gasteiger partial charge < -0.3 is 16.8 Å². The summed E-state index contributed by atoms with van der Waals surface area (Å²) in [4.78, 5) is 20.5. The van der Waals surface area contributed by atoms with Crippen LogP contribution in [0.25, 0.3) is 11.1 Å². The number of aromatic nitrogens is 2. The van der Waals surface area contributed by atoms with Gasteiger partial charge in [-0.15, -0.1) is 3.89 Å². The zero-order valence-electron chi connectivity index (χ0n) is 20.7. The molecule has 3 aromatic carbocycles. The zero-order valence-corrected chi connectivity index (χ0v) is 23.0. The predicted octanol–water partition coefficient (Wildman–Crippen LogP) is 5.30. The minimum atomic E-state index is -4.93. The molecular formula is C27H24Cl2FN5O3S. The first-order valence-corrected chi connectivity index (χ1v) is 13.8. The van der Waals surface area contributed by atoms with E-state index in [2.05, 4.69) is 15.3 Å². The number of anilines is 2. The summed E-state index contributed by atoms with van der Waals surface area (Å²) in [7, 11) is -4.93. The SMILES string of the molecule is Cc1ccc(C(=O)NCc2ccc(CCc3nc(N)nc(N)c3-c3ccc(Cl)c(Cl)c3)cc2)cc1S(=O)(=O)F. The number of carbonyl (C=O) groups is 1. The van der Waals surface area contributed by atoms with Gasteiger partial charge in [-0.2, -0.15) is 13.4 Å². The number of hydrogen-bond donors (Lipinski definition) is 3. The normalized spacial score (nSPS) is 11.4. The average Bonchev–Trinajstić information content (AvgIpc) is 2.87. The molecule has 0 spiro atoms. The fourth-order valence-electron chi connectivity index (χ4n) is 4.07. The molecule has 4 aromatic rings. The Hall–Kier alpha value is -3.73. The van der Waals surface area contributed by atoms with Crippen LogP contribution < -0.4 is 16.8 Å². The number of carbonyl (C=O) groups excluding carboxylic acids is 1. The van der Waals surface area contributed by atoms with Crippen molar-refractivity contribution >= 4 is 51.1 Å². The van der Waals surface area contributed by atoms with E-state index in [0.29, 0.717) is 34.1 Å². The van der Waals surface area contributed by atoms with Crippen LogP contribution in [0.5, 0.6) is 0 Å². The van der Waals surface area contributed by atoms with Crippen LogP contribution in [0.1, 0.15) is 32.7 Å². The maximum Gasteiger partial charge on any atom is 0.332 e. The summed E-state index contributed by atoms with van der Waals surface area (Å²) in [5.74, 6) is -0.202. The molecule has 0 saturated heterocycles. The third-order valence-electron chi connectivity index (χ3n) is 6.08. The van der Waals surface area contributed by atoms with Crippen LogP contribution in [-0.2, 0) is 29.6 Å². The van der Waals surface area contributed by atoms with Crippen LogP contribution in [0.4, 0.5) is 15.7 Å². The van der Waals surface area contributed by atoms with E-state index in [0.717, 1.165) is 22.8 Å². The lowest BCUT2D eigenvalue weighted by Gasteiger charge is -2.13. The molecule has 4 rings (SSSR count). The second-order valence-corrected chi connectivity index (χ2v) is 11.0. The van der Waals surface area contributed by atoms with Gasteiger partial charge in [-0.25, -0.2) is 4.98 Å². The predicted molar refractivity (Wildman–Crippen MR) is 151 cm³/mol. The van der Waals surface area contributed by atoms with Crippen molar-refractivity contribution in [2.45, 2.75) is 31.2 Å². The van der Waals surface area contributed by atoms with Crippen molar-refractivity contribution < 1.29 is 17.1 Å². The lowest BCUT2D eigenvalue weighted by atomic mass is 9.99. The number of rotatable bonds is 8. The van der Waals surface area contributed by atoms with Crippen molar-refractivity contribution in [1.82, 2.24) is 15.3 Å². The van der Waals surface area contributed by atoms with E-state index < -0.39 is 21.0 Å². The molecule has 1 amide bonds. The number of nitrogens with two attached hydrogens (primary N) is 2. The van der Waals surface area contributed by atoms with Crippen LogP contribution >= 0.6 is 23.2 Å². The Morgan fingerprint density at radius 1 is 0.923 bits per heavy atom. The second kappa shape index (κ2) is 11.6. The highest BCUT2D eigenvalue weighted by atomic mass is 35.5. The molecule has 1 aromatic heterocycles. The van der Waals surface area contributed by atoms with Gasteiger partial charge in [0.25, 0.3) is 5.91 Å². The molecule has 0 unspecified atom stereocenters. The van der Waals surface area contributed by atoms with Crippen LogP contribution in [0.15, 0.2) is 65.6 Å². The molecule has 0 fully saturated rings. The van der Waals surface area contributed by atoms with Gasteiger partial charge in [-0.1, -0.05) is 59.6 Å². The maximum atomic E-state index is 13.5. The summed E-state index contributed by atoms with van der Waals surface area (Å²) in [6.45, 7) is 1.66. The number of aryl methyl sites for hydroxylation is 3. The molecule has 0 aliphatic rings. The van der Waals surface area contributed by atoms with Crippen molar-refractivity contribution in [2.75, 3.05) is 11.5 Å². The summed E-state index contributed by atoms with van der Waals surface area (Å²) >= 11 is 12.2. The van der Waals surface area contributed by atoms with Gasteiger partial charge in [0.1, 0.15) is 10.7 Å². The fourth-order valence-corrected chi connectivity index (χ4v) is 5.09. The number of nitrogens with one attached hydrogen (secondary N) is 1. The molecule has 0 saturated carbocycles. The number of nitrogen functional groups attached to an aromatic ring is 2. The number of halogens is 3. The van der Waals surface area contributed by atoms with Crippen LogP contribution in [0.3, 0.4) is 0 Å². The first kappa shape index (κ1) is 28.3. The summed E-state index contributed by atoms with van der Waals surface area (Å²) in [6.07, 6.45) is 1.15. The van der Waals surface area contributed by atoms with Crippen molar-refractivity contribution in [3.8, 4) is 11.1 Å². The highest BCUT2D eigenvalue weighted by Gasteiger charge is 2.18. The van der Waals surface area contributed by atoms with E-state index in [1.807, 2.05) is 24.3 Å². The lowest BCUT2D eigenvalue weighted by Crippen LogP contribution is -2.23. The summed E-state index contributed by atoms with van der Waals surface area (Å²) in [5, 5.41) is 3.52. The first-order valence-electron chi connectivity index (χ1n) is 11.7. The van der Waals surface area contributed by atoms with E-state index in [9.17, 15) is 17.1 Å². The van der Waals surface area contributed by atoms with Crippen molar-refractivity contribution in [1.29, 1.82) is 0 Å². The minimum Gasteiger partial charge on any atom is -0.383 e. The summed E-state index contributed by atoms with van der Waals surface area (Å²) in [6, 6.07) is 16.6. The molecular weight excluding hydrogens is 564 g/mol. The van der Waals surface area contributed by atoms with Gasteiger partial charge in [0, 0.05) is 17.7 Å². The van der Waals surface area contributed by atoms with Crippen LogP contribution in [0, 0.1) is 6.92 Å². The lowest BCUT2D eigenvalue weighted by molar-refractivity contribution is 0.0950. The molecule has 12 heteroatoms.